The van der Waals surface area contributed by atoms with Gasteiger partial charge in [0.2, 0.25) is 17.7 Å². The van der Waals surface area contributed by atoms with E-state index in [9.17, 15) is 10.4 Å². The normalized spacial score (nSPS) is 36.7. The fraction of sp³-hybridized carbons (Fsp3) is 0.450. The average Bonchev–Trinajstić information content (AvgIpc) is 3.16. The molecule has 0 aromatic heterocycles. The van der Waals surface area contributed by atoms with Gasteiger partial charge in [0.1, 0.15) is 17.6 Å². The van der Waals surface area contributed by atoms with E-state index in [2.05, 4.69) is 12.3 Å². The van der Waals surface area contributed by atoms with E-state index in [4.69, 9.17) is 14.3 Å². The molecule has 0 saturated heterocycles. The van der Waals surface area contributed by atoms with Gasteiger partial charge < -0.3 is 14.6 Å². The van der Waals surface area contributed by atoms with Crippen molar-refractivity contribution in [3.63, 3.8) is 0 Å². The Kier molecular flexibility index (Phi) is 3.18. The van der Waals surface area contributed by atoms with Crippen LogP contribution in [0, 0.1) is 16.9 Å². The van der Waals surface area contributed by atoms with Crippen LogP contribution in [0.2, 0.25) is 0 Å². The first kappa shape index (κ1) is 15.7. The third kappa shape index (κ3) is 1.77. The van der Waals surface area contributed by atoms with E-state index in [1.165, 1.54) is 6.26 Å². The van der Waals surface area contributed by atoms with Crippen molar-refractivity contribution in [1.82, 2.24) is 0 Å². The van der Waals surface area contributed by atoms with Gasteiger partial charge in [-0.2, -0.15) is 0 Å². The standard InChI is InChI=1S/C20H21N2O4/c1-2-24-15-11-25-22(12-21)10-9-20-8-4-3-5-16(20)26-19-14(23)7-6-13(17(19)20)18(15)22/h5,9-11,14,23H,2-4,6-8H2,1H3/q+1/t14-,20?,22+/m1/s1. The number of quaternary nitrogens is 1. The summed E-state index contributed by atoms with van der Waals surface area (Å²) >= 11 is 0. The highest BCUT2D eigenvalue weighted by atomic mass is 16.7. The number of hydrogen-bond acceptors (Lipinski definition) is 5. The predicted molar refractivity (Wildman–Crippen MR) is 90.6 cm³/mol. The van der Waals surface area contributed by atoms with Gasteiger partial charge in [0.05, 0.1) is 12.0 Å². The maximum Gasteiger partial charge on any atom is 0.366 e. The molecule has 0 radical (unpaired) electrons. The average molecular weight is 353 g/mol. The van der Waals surface area contributed by atoms with E-state index in [1.807, 2.05) is 13.0 Å². The monoisotopic (exact) mass is 353 g/mol. The number of hydrogen-bond donors (Lipinski definition) is 1. The summed E-state index contributed by atoms with van der Waals surface area (Å²) in [6.45, 7) is 2.40. The number of rotatable bonds is 2. The Labute approximate surface area is 152 Å². The molecule has 3 atom stereocenters. The van der Waals surface area contributed by atoms with E-state index < -0.39 is 11.5 Å². The van der Waals surface area contributed by atoms with Gasteiger partial charge in [0.25, 0.3) is 0 Å². The van der Waals surface area contributed by atoms with Crippen LogP contribution in [0.5, 0.6) is 0 Å². The van der Waals surface area contributed by atoms with Gasteiger partial charge >= 0.3 is 6.19 Å². The van der Waals surface area contributed by atoms with Crippen LogP contribution in [-0.2, 0) is 14.3 Å². The van der Waals surface area contributed by atoms with Crippen molar-refractivity contribution in [2.24, 2.45) is 5.41 Å². The van der Waals surface area contributed by atoms with E-state index in [-0.39, 0.29) is 4.65 Å². The Balaban J connectivity index is 1.83. The quantitative estimate of drug-likeness (QED) is 0.609. The Morgan fingerprint density at radius 3 is 3.19 bits per heavy atom. The Bertz CT molecular complexity index is 888. The van der Waals surface area contributed by atoms with Crippen LogP contribution in [0.25, 0.3) is 0 Å². The zero-order chi connectivity index (χ0) is 17.9. The lowest BCUT2D eigenvalue weighted by atomic mass is 9.68. The molecule has 1 spiro atoms. The maximum atomic E-state index is 10.6. The minimum absolute atomic E-state index is 0.368. The largest absolute Gasteiger partial charge is 0.485 e. The van der Waals surface area contributed by atoms with Gasteiger partial charge in [-0.1, -0.05) is 0 Å². The molecule has 3 aliphatic heterocycles. The number of aliphatic hydroxyl groups is 1. The second-order valence-electron chi connectivity index (χ2n) is 7.25. The van der Waals surface area contributed by atoms with Crippen LogP contribution in [0.15, 0.2) is 58.7 Å². The molecule has 5 rings (SSSR count). The summed E-state index contributed by atoms with van der Waals surface area (Å²) < 4.78 is 11.6. The molecule has 0 saturated carbocycles. The van der Waals surface area contributed by atoms with Crippen LogP contribution < -0.4 is 0 Å². The van der Waals surface area contributed by atoms with E-state index in [1.54, 1.807) is 6.20 Å². The van der Waals surface area contributed by atoms with Gasteiger partial charge in [0, 0.05) is 15.8 Å². The second kappa shape index (κ2) is 5.26. The van der Waals surface area contributed by atoms with Crippen molar-refractivity contribution in [3.8, 4) is 6.19 Å². The molecule has 0 amide bonds. The highest BCUT2D eigenvalue weighted by Crippen LogP contribution is 2.61. The second-order valence-corrected chi connectivity index (χ2v) is 7.25. The van der Waals surface area contributed by atoms with Gasteiger partial charge in [-0.15, -0.1) is 5.26 Å². The van der Waals surface area contributed by atoms with Crippen LogP contribution in [0.3, 0.4) is 0 Å². The minimum Gasteiger partial charge on any atom is -0.485 e. The molecule has 0 fully saturated rings. The van der Waals surface area contributed by atoms with Crippen molar-refractivity contribution < 1.29 is 24.1 Å². The SMILES string of the molecule is CCOC1=CO[N@+]2(C#N)C=CC34CCCC=C3OC3=C4C(=C12)CC[C@H]3O. The summed E-state index contributed by atoms with van der Waals surface area (Å²) in [7, 11) is 0. The zero-order valence-electron chi connectivity index (χ0n) is 14.7. The number of hydroxylamine groups is 3. The zero-order valence-corrected chi connectivity index (χ0v) is 14.7. The number of nitriles is 1. The third-order valence-electron chi connectivity index (χ3n) is 5.92. The summed E-state index contributed by atoms with van der Waals surface area (Å²) in [5.41, 5.74) is 2.33. The molecule has 0 aromatic carbocycles. The number of ether oxygens (including phenoxy) is 2. The molecule has 6 nitrogen and oxygen atoms in total. The van der Waals surface area contributed by atoms with Crippen molar-refractivity contribution in [2.45, 2.75) is 45.1 Å². The Morgan fingerprint density at radius 1 is 1.50 bits per heavy atom. The van der Waals surface area contributed by atoms with Crippen LogP contribution in [0.4, 0.5) is 0 Å². The van der Waals surface area contributed by atoms with Gasteiger partial charge in [-0.25, -0.2) is 0 Å². The van der Waals surface area contributed by atoms with E-state index >= 15 is 0 Å². The third-order valence-corrected chi connectivity index (χ3v) is 5.92. The molecular weight excluding hydrogens is 332 g/mol. The van der Waals surface area contributed by atoms with E-state index in [0.717, 1.165) is 41.9 Å². The highest BCUT2D eigenvalue weighted by Gasteiger charge is 2.58. The molecule has 0 bridgehead atoms. The molecule has 0 aromatic rings. The summed E-state index contributed by atoms with van der Waals surface area (Å²) in [6, 6.07) is 0. The number of allylic oxidation sites excluding steroid dienone is 3. The topological polar surface area (TPSA) is 71.7 Å². The van der Waals surface area contributed by atoms with Crippen LogP contribution >= 0.6 is 0 Å². The van der Waals surface area contributed by atoms with Crippen molar-refractivity contribution in [3.05, 3.63) is 58.7 Å². The molecule has 2 aliphatic carbocycles. The summed E-state index contributed by atoms with van der Waals surface area (Å²) in [5, 5.41) is 20.6. The van der Waals surface area contributed by atoms with Crippen molar-refractivity contribution in [2.75, 3.05) is 6.61 Å². The summed E-state index contributed by atoms with van der Waals surface area (Å²) in [4.78, 5) is 5.80. The van der Waals surface area contributed by atoms with Gasteiger partial charge in [0.15, 0.2) is 6.20 Å². The first-order valence-electron chi connectivity index (χ1n) is 9.23. The summed E-state index contributed by atoms with van der Waals surface area (Å²) in [6.07, 6.45) is 13.3. The van der Waals surface area contributed by atoms with Crippen LogP contribution in [-0.4, -0.2) is 22.5 Å². The van der Waals surface area contributed by atoms with Crippen molar-refractivity contribution in [1.29, 1.82) is 5.26 Å². The molecular formula is C20H21N2O4+. The lowest BCUT2D eigenvalue weighted by Gasteiger charge is -2.31. The number of nitrogens with zero attached hydrogens (tertiary/aromatic N) is 2. The smallest absolute Gasteiger partial charge is 0.366 e. The first-order chi connectivity index (χ1) is 12.6. The molecule has 134 valence electrons. The molecule has 1 N–H and O–H groups in total. The molecule has 5 aliphatic rings. The molecule has 3 heterocycles. The molecule has 26 heavy (non-hydrogen) atoms. The Hall–Kier alpha value is -2.49. The van der Waals surface area contributed by atoms with Gasteiger partial charge in [-0.3, -0.25) is 4.84 Å². The van der Waals surface area contributed by atoms with E-state index in [0.29, 0.717) is 31.0 Å². The number of fused-ring (bicyclic) bond motifs is 1. The fourth-order valence-corrected chi connectivity index (χ4v) is 4.82. The molecule has 6 heteroatoms. The minimum atomic E-state index is -0.616. The predicted octanol–water partition coefficient (Wildman–Crippen LogP) is 3.38. The first-order valence-corrected chi connectivity index (χ1v) is 9.23. The highest BCUT2D eigenvalue weighted by molar-refractivity contribution is 5.58. The van der Waals surface area contributed by atoms with Crippen LogP contribution in [0.1, 0.15) is 39.0 Å². The molecule has 1 unspecified atom stereocenters. The lowest BCUT2D eigenvalue weighted by molar-refractivity contribution is -0.963. The summed E-state index contributed by atoms with van der Waals surface area (Å²) in [5.74, 6) is 2.10. The van der Waals surface area contributed by atoms with Gasteiger partial charge in [-0.05, 0) is 51.2 Å². The maximum absolute atomic E-state index is 10.6. The lowest BCUT2D eigenvalue weighted by Crippen LogP contribution is -2.33. The fourth-order valence-electron chi connectivity index (χ4n) is 4.82. The van der Waals surface area contributed by atoms with Crippen molar-refractivity contribution >= 4 is 0 Å². The Morgan fingerprint density at radius 2 is 2.38 bits per heavy atom. The number of aliphatic hydroxyl groups excluding tert-OH is 1.